The van der Waals surface area contributed by atoms with Gasteiger partial charge in [0.1, 0.15) is 11.5 Å². The molecule has 0 fully saturated rings. The summed E-state index contributed by atoms with van der Waals surface area (Å²) in [5, 5.41) is 0. The van der Waals surface area contributed by atoms with E-state index in [0.29, 0.717) is 18.6 Å². The summed E-state index contributed by atoms with van der Waals surface area (Å²) in [7, 11) is 1.65. The average molecular weight is 346 g/mol. The van der Waals surface area contributed by atoms with Gasteiger partial charge in [0.2, 0.25) is 0 Å². The van der Waals surface area contributed by atoms with Crippen LogP contribution in [-0.4, -0.2) is 12.9 Å². The lowest BCUT2D eigenvalue weighted by atomic mass is 10.0. The summed E-state index contributed by atoms with van der Waals surface area (Å²) in [6.45, 7) is 2.15. The minimum atomic E-state index is 0.324. The number of methoxy groups -OCH3 is 1. The number of unbranched alkanes of at least 4 members (excludes halogenated alkanes) is 2. The second kappa shape index (κ2) is 7.69. The Morgan fingerprint density at radius 2 is 2.12 bits per heavy atom. The van der Waals surface area contributed by atoms with E-state index in [2.05, 4.69) is 29.5 Å². The standard InChI is InChI=1S/C14H19IO2/c1-3-4-5-6-12(16)9-11-10-13(17-2)7-8-14(11)15/h7-8,10H,3-6,9H2,1-2H3. The van der Waals surface area contributed by atoms with Crippen LogP contribution in [0.25, 0.3) is 0 Å². The van der Waals surface area contributed by atoms with Crippen LogP contribution in [0.2, 0.25) is 0 Å². The van der Waals surface area contributed by atoms with Crippen molar-refractivity contribution in [2.75, 3.05) is 7.11 Å². The highest BCUT2D eigenvalue weighted by Crippen LogP contribution is 2.20. The summed E-state index contributed by atoms with van der Waals surface area (Å²) in [6.07, 6.45) is 4.53. The lowest BCUT2D eigenvalue weighted by Crippen LogP contribution is -2.04. The lowest BCUT2D eigenvalue weighted by molar-refractivity contribution is -0.118. The summed E-state index contributed by atoms with van der Waals surface area (Å²) in [4.78, 5) is 11.8. The Bertz CT molecular complexity index is 374. The van der Waals surface area contributed by atoms with Crippen molar-refractivity contribution >= 4 is 28.4 Å². The van der Waals surface area contributed by atoms with Crippen LogP contribution in [0, 0.1) is 3.57 Å². The molecule has 0 N–H and O–H groups in total. The summed E-state index contributed by atoms with van der Waals surface area (Å²) >= 11 is 2.26. The molecular weight excluding hydrogens is 327 g/mol. The van der Waals surface area contributed by atoms with Gasteiger partial charge < -0.3 is 4.74 Å². The van der Waals surface area contributed by atoms with Gasteiger partial charge in [-0.3, -0.25) is 4.79 Å². The minimum absolute atomic E-state index is 0.324. The molecule has 0 saturated heterocycles. The van der Waals surface area contributed by atoms with Gasteiger partial charge >= 0.3 is 0 Å². The summed E-state index contributed by atoms with van der Waals surface area (Å²) in [6, 6.07) is 5.88. The van der Waals surface area contributed by atoms with Crippen molar-refractivity contribution in [3.05, 3.63) is 27.3 Å². The van der Waals surface area contributed by atoms with Gasteiger partial charge in [0, 0.05) is 16.4 Å². The Balaban J connectivity index is 2.57. The first-order valence-electron chi connectivity index (χ1n) is 6.01. The number of hydrogen-bond acceptors (Lipinski definition) is 2. The number of ether oxygens (including phenoxy) is 1. The molecule has 0 atom stereocenters. The number of carbonyl (C=O) groups excluding carboxylic acids is 1. The van der Waals surface area contributed by atoms with E-state index >= 15 is 0 Å². The molecular formula is C14H19IO2. The van der Waals surface area contributed by atoms with Crippen molar-refractivity contribution in [2.24, 2.45) is 0 Å². The van der Waals surface area contributed by atoms with Gasteiger partial charge in [-0.25, -0.2) is 0 Å². The first kappa shape index (κ1) is 14.5. The van der Waals surface area contributed by atoms with E-state index in [0.717, 1.165) is 34.1 Å². The maximum absolute atomic E-state index is 11.8. The van der Waals surface area contributed by atoms with Crippen LogP contribution in [0.1, 0.15) is 38.2 Å². The molecule has 94 valence electrons. The summed E-state index contributed by atoms with van der Waals surface area (Å²) < 4.78 is 6.31. The van der Waals surface area contributed by atoms with Gasteiger partial charge in [0.05, 0.1) is 7.11 Å². The molecule has 0 bridgehead atoms. The Hall–Kier alpha value is -0.580. The third kappa shape index (κ3) is 5.06. The SMILES string of the molecule is CCCCCC(=O)Cc1cc(OC)ccc1I. The minimum Gasteiger partial charge on any atom is -0.497 e. The van der Waals surface area contributed by atoms with E-state index < -0.39 is 0 Å². The fraction of sp³-hybridized carbons (Fsp3) is 0.500. The van der Waals surface area contributed by atoms with E-state index in [4.69, 9.17) is 4.74 Å². The van der Waals surface area contributed by atoms with E-state index in [9.17, 15) is 4.79 Å². The van der Waals surface area contributed by atoms with Crippen LogP contribution >= 0.6 is 22.6 Å². The summed E-state index contributed by atoms with van der Waals surface area (Å²) in [5.74, 6) is 1.14. The molecule has 0 saturated carbocycles. The van der Waals surface area contributed by atoms with Crippen LogP contribution in [0.3, 0.4) is 0 Å². The molecule has 0 aliphatic heterocycles. The molecule has 0 heterocycles. The van der Waals surface area contributed by atoms with Gasteiger partial charge in [-0.15, -0.1) is 0 Å². The normalized spacial score (nSPS) is 10.3. The quantitative estimate of drug-likeness (QED) is 0.551. The van der Waals surface area contributed by atoms with Gasteiger partial charge in [0.25, 0.3) is 0 Å². The van der Waals surface area contributed by atoms with Gasteiger partial charge in [-0.05, 0) is 52.8 Å². The van der Waals surface area contributed by atoms with Crippen LogP contribution in [0.4, 0.5) is 0 Å². The van der Waals surface area contributed by atoms with Crippen LogP contribution in [0.15, 0.2) is 18.2 Å². The fourth-order valence-corrected chi connectivity index (χ4v) is 2.21. The number of Topliss-reactive ketones (excluding diaryl/α,β-unsaturated/α-hetero) is 1. The predicted octanol–water partition coefficient (Wildman–Crippen LogP) is 3.99. The molecule has 3 heteroatoms. The first-order chi connectivity index (χ1) is 8.17. The molecule has 0 aromatic heterocycles. The highest BCUT2D eigenvalue weighted by atomic mass is 127. The average Bonchev–Trinajstić information content (AvgIpc) is 2.32. The predicted molar refractivity (Wildman–Crippen MR) is 78.6 cm³/mol. The molecule has 0 aliphatic carbocycles. The highest BCUT2D eigenvalue weighted by Gasteiger charge is 2.08. The molecule has 0 aliphatic rings. The zero-order valence-electron chi connectivity index (χ0n) is 10.5. The number of halogens is 1. The number of ketones is 1. The largest absolute Gasteiger partial charge is 0.497 e. The maximum Gasteiger partial charge on any atom is 0.137 e. The molecule has 1 rings (SSSR count). The monoisotopic (exact) mass is 346 g/mol. The zero-order valence-corrected chi connectivity index (χ0v) is 12.6. The number of benzene rings is 1. The van der Waals surface area contributed by atoms with E-state index in [1.807, 2.05) is 18.2 Å². The van der Waals surface area contributed by atoms with Crippen LogP contribution < -0.4 is 4.74 Å². The number of rotatable bonds is 7. The molecule has 2 nitrogen and oxygen atoms in total. The number of hydrogen-bond donors (Lipinski definition) is 0. The Kier molecular flexibility index (Phi) is 6.55. The third-order valence-corrected chi connectivity index (χ3v) is 3.75. The lowest BCUT2D eigenvalue weighted by Gasteiger charge is -2.06. The molecule has 1 aromatic carbocycles. The van der Waals surface area contributed by atoms with Crippen molar-refractivity contribution in [1.29, 1.82) is 0 Å². The van der Waals surface area contributed by atoms with Crippen molar-refractivity contribution < 1.29 is 9.53 Å². The first-order valence-corrected chi connectivity index (χ1v) is 7.09. The Morgan fingerprint density at radius 3 is 2.76 bits per heavy atom. The fourth-order valence-electron chi connectivity index (χ4n) is 1.69. The van der Waals surface area contributed by atoms with Crippen LogP contribution in [-0.2, 0) is 11.2 Å². The van der Waals surface area contributed by atoms with Gasteiger partial charge in [-0.2, -0.15) is 0 Å². The second-order valence-electron chi connectivity index (χ2n) is 4.13. The molecule has 0 unspecified atom stereocenters. The molecule has 0 spiro atoms. The van der Waals surface area contributed by atoms with E-state index in [-0.39, 0.29) is 0 Å². The molecule has 0 amide bonds. The van der Waals surface area contributed by atoms with Crippen LogP contribution in [0.5, 0.6) is 5.75 Å². The molecule has 1 aromatic rings. The van der Waals surface area contributed by atoms with Crippen molar-refractivity contribution in [3.63, 3.8) is 0 Å². The molecule has 17 heavy (non-hydrogen) atoms. The topological polar surface area (TPSA) is 26.3 Å². The Labute approximate surface area is 117 Å². The van der Waals surface area contributed by atoms with Gasteiger partial charge in [-0.1, -0.05) is 19.8 Å². The van der Waals surface area contributed by atoms with Crippen molar-refractivity contribution in [1.82, 2.24) is 0 Å². The zero-order chi connectivity index (χ0) is 12.7. The molecule has 0 radical (unpaired) electrons. The van der Waals surface area contributed by atoms with E-state index in [1.54, 1.807) is 7.11 Å². The van der Waals surface area contributed by atoms with Crippen molar-refractivity contribution in [3.8, 4) is 5.75 Å². The smallest absolute Gasteiger partial charge is 0.137 e. The van der Waals surface area contributed by atoms with E-state index in [1.165, 1.54) is 0 Å². The van der Waals surface area contributed by atoms with Crippen molar-refractivity contribution in [2.45, 2.75) is 39.0 Å². The second-order valence-corrected chi connectivity index (χ2v) is 5.29. The maximum atomic E-state index is 11.8. The number of carbonyl (C=O) groups is 1. The highest BCUT2D eigenvalue weighted by molar-refractivity contribution is 14.1. The van der Waals surface area contributed by atoms with Gasteiger partial charge in [0.15, 0.2) is 0 Å². The third-order valence-electron chi connectivity index (χ3n) is 2.70. The summed E-state index contributed by atoms with van der Waals surface area (Å²) in [5.41, 5.74) is 1.08. The Morgan fingerprint density at radius 1 is 1.35 bits per heavy atom.